The van der Waals surface area contributed by atoms with Crippen molar-refractivity contribution in [1.82, 2.24) is 9.97 Å². The molecule has 4 heterocycles. The monoisotopic (exact) mass is 442 g/mol. The number of hydrogen-bond acceptors (Lipinski definition) is 5. The van der Waals surface area contributed by atoms with Crippen molar-refractivity contribution in [2.45, 2.75) is 49.9 Å². The molecule has 2 aliphatic heterocycles. The van der Waals surface area contributed by atoms with Crippen molar-refractivity contribution in [2.75, 3.05) is 19.8 Å². The predicted molar refractivity (Wildman–Crippen MR) is 119 cm³/mol. The first-order valence-electron chi connectivity index (χ1n) is 10.8. The molecule has 7 heteroatoms. The van der Waals surface area contributed by atoms with Crippen LogP contribution >= 0.6 is 11.6 Å². The number of aliphatic hydroxyl groups is 2. The summed E-state index contributed by atoms with van der Waals surface area (Å²) in [6.45, 7) is 3.43. The minimum Gasteiger partial charge on any atom is -0.395 e. The van der Waals surface area contributed by atoms with Gasteiger partial charge in [-0.1, -0.05) is 35.9 Å². The molecule has 1 unspecified atom stereocenters. The van der Waals surface area contributed by atoms with E-state index in [2.05, 4.69) is 22.1 Å². The van der Waals surface area contributed by atoms with Crippen molar-refractivity contribution in [3.05, 3.63) is 52.7 Å². The Kier molecular flexibility index (Phi) is 5.52. The summed E-state index contributed by atoms with van der Waals surface area (Å²) in [5.74, 6) is 0. The van der Waals surface area contributed by atoms with Crippen LogP contribution in [0.25, 0.3) is 22.3 Å². The van der Waals surface area contributed by atoms with Crippen LogP contribution in [0.5, 0.6) is 0 Å². The van der Waals surface area contributed by atoms with Crippen LogP contribution < -0.4 is 0 Å². The molecule has 0 radical (unpaired) electrons. The predicted octanol–water partition coefficient (Wildman–Crippen LogP) is 3.75. The number of benzene rings is 1. The van der Waals surface area contributed by atoms with Crippen LogP contribution in [0.4, 0.5) is 0 Å². The number of nitrogens with zero attached hydrogens (tertiary/aromatic N) is 1. The van der Waals surface area contributed by atoms with E-state index in [-0.39, 0.29) is 30.3 Å². The highest BCUT2D eigenvalue weighted by Gasteiger charge is 2.43. The number of ether oxygens (including phenoxy) is 2. The van der Waals surface area contributed by atoms with Gasteiger partial charge in [0.15, 0.2) is 0 Å². The van der Waals surface area contributed by atoms with Gasteiger partial charge in [-0.05, 0) is 43.9 Å². The Labute approximate surface area is 186 Å². The summed E-state index contributed by atoms with van der Waals surface area (Å²) in [4.78, 5) is 7.93. The van der Waals surface area contributed by atoms with Crippen LogP contribution in [0.15, 0.2) is 36.4 Å². The zero-order chi connectivity index (χ0) is 21.6. The van der Waals surface area contributed by atoms with Crippen molar-refractivity contribution in [3.63, 3.8) is 0 Å². The van der Waals surface area contributed by atoms with Crippen LogP contribution in [0.1, 0.15) is 30.5 Å². The third kappa shape index (κ3) is 3.99. The summed E-state index contributed by atoms with van der Waals surface area (Å²) >= 11 is 6.39. The van der Waals surface area contributed by atoms with Gasteiger partial charge in [-0.25, -0.2) is 4.98 Å². The number of aryl methyl sites for hydroxylation is 1. The zero-order valence-electron chi connectivity index (χ0n) is 17.5. The number of hydrogen-bond donors (Lipinski definition) is 3. The van der Waals surface area contributed by atoms with E-state index in [0.29, 0.717) is 11.6 Å². The second-order valence-corrected chi connectivity index (χ2v) is 9.19. The topological polar surface area (TPSA) is 87.6 Å². The molecule has 1 saturated carbocycles. The summed E-state index contributed by atoms with van der Waals surface area (Å²) in [7, 11) is 0. The fourth-order valence-corrected chi connectivity index (χ4v) is 4.75. The average Bonchev–Trinajstić information content (AvgIpc) is 3.07. The van der Waals surface area contributed by atoms with Gasteiger partial charge in [0.05, 0.1) is 41.1 Å². The molecule has 0 spiro atoms. The molecule has 1 aliphatic carbocycles. The Balaban J connectivity index is 0.000000189. The molecule has 6 nitrogen and oxygen atoms in total. The Morgan fingerprint density at radius 2 is 1.97 bits per heavy atom. The smallest absolute Gasteiger partial charge is 0.112 e. The maximum absolute atomic E-state index is 9.52. The van der Waals surface area contributed by atoms with Gasteiger partial charge in [0, 0.05) is 23.3 Å². The standard InChI is InChI=1S/C18H17ClN2O.C6H10O3/c1-11-8-15-16(20-11)9-14(19)17(21-15)12-2-4-13(5-3-12)18(10-22)6-7-18;7-4-3-9-5-1-2-8-6(4)5/h2-5,8-9,20,22H,6-7,10H2,1H3;4-7H,1-3H2/t;4?,5-,6-/m.1/s1. The molecule has 0 amide bonds. The molecule has 164 valence electrons. The molecule has 3 aromatic rings. The van der Waals surface area contributed by atoms with Gasteiger partial charge in [0.1, 0.15) is 12.2 Å². The van der Waals surface area contributed by atoms with Gasteiger partial charge in [-0.3, -0.25) is 0 Å². The van der Waals surface area contributed by atoms with Crippen LogP contribution in [0, 0.1) is 6.92 Å². The summed E-state index contributed by atoms with van der Waals surface area (Å²) in [5, 5.41) is 19.3. The highest BCUT2D eigenvalue weighted by Crippen LogP contribution is 2.48. The maximum Gasteiger partial charge on any atom is 0.112 e. The Hall–Kier alpha value is -1.96. The number of nitrogens with one attached hydrogen (secondary N) is 1. The lowest BCUT2D eigenvalue weighted by Crippen LogP contribution is -2.26. The van der Waals surface area contributed by atoms with Crippen molar-refractivity contribution >= 4 is 22.6 Å². The number of aromatic nitrogens is 2. The second-order valence-electron chi connectivity index (χ2n) is 8.78. The number of halogens is 1. The van der Waals surface area contributed by atoms with E-state index < -0.39 is 0 Å². The first kappa shape index (κ1) is 20.9. The normalized spacial score (nSPS) is 25.9. The van der Waals surface area contributed by atoms with Gasteiger partial charge in [-0.15, -0.1) is 0 Å². The van der Waals surface area contributed by atoms with Gasteiger partial charge < -0.3 is 24.7 Å². The minimum atomic E-state index is -0.377. The molecule has 1 aromatic carbocycles. The molecule has 3 N–H and O–H groups in total. The SMILES string of the molecule is Cc1cc2nc(-c3ccc(C4(CO)CC4)cc3)c(Cl)cc2[nH]1.OC1CO[C@@H]2CCO[C@H]12. The molecule has 2 aromatic heterocycles. The molecule has 0 bridgehead atoms. The summed E-state index contributed by atoms with van der Waals surface area (Å²) in [6, 6.07) is 12.2. The molecule has 3 atom stereocenters. The Morgan fingerprint density at radius 3 is 2.65 bits per heavy atom. The summed E-state index contributed by atoms with van der Waals surface area (Å²) in [5.41, 5.74) is 5.96. The van der Waals surface area contributed by atoms with Gasteiger partial charge in [-0.2, -0.15) is 0 Å². The zero-order valence-corrected chi connectivity index (χ0v) is 18.2. The number of aromatic amines is 1. The molecular formula is C24H27ClN2O4. The van der Waals surface area contributed by atoms with Crippen LogP contribution in [-0.4, -0.2) is 58.3 Å². The minimum absolute atomic E-state index is 0.00252. The molecular weight excluding hydrogens is 416 g/mol. The number of aliphatic hydroxyl groups excluding tert-OH is 2. The highest BCUT2D eigenvalue weighted by molar-refractivity contribution is 6.33. The van der Waals surface area contributed by atoms with Crippen molar-refractivity contribution < 1.29 is 19.7 Å². The third-order valence-electron chi connectivity index (χ3n) is 6.56. The second kappa shape index (κ2) is 8.19. The molecule has 3 fully saturated rings. The van der Waals surface area contributed by atoms with E-state index in [0.717, 1.165) is 53.9 Å². The Bertz CT molecular complexity index is 1080. The van der Waals surface area contributed by atoms with Gasteiger partial charge >= 0.3 is 0 Å². The third-order valence-corrected chi connectivity index (χ3v) is 6.84. The van der Waals surface area contributed by atoms with Crippen LogP contribution in [-0.2, 0) is 14.9 Å². The quantitative estimate of drug-likeness (QED) is 0.575. The largest absolute Gasteiger partial charge is 0.395 e. The maximum atomic E-state index is 9.52. The Morgan fingerprint density at radius 1 is 1.19 bits per heavy atom. The van der Waals surface area contributed by atoms with E-state index in [4.69, 9.17) is 26.2 Å². The average molecular weight is 443 g/mol. The number of pyridine rings is 1. The van der Waals surface area contributed by atoms with E-state index in [1.807, 2.05) is 31.2 Å². The van der Waals surface area contributed by atoms with E-state index in [9.17, 15) is 5.11 Å². The highest BCUT2D eigenvalue weighted by atomic mass is 35.5. The lowest BCUT2D eigenvalue weighted by atomic mass is 9.95. The van der Waals surface area contributed by atoms with Crippen molar-refractivity contribution in [3.8, 4) is 11.3 Å². The molecule has 2 saturated heterocycles. The van der Waals surface area contributed by atoms with E-state index in [1.165, 1.54) is 5.56 Å². The molecule has 6 rings (SSSR count). The molecule has 31 heavy (non-hydrogen) atoms. The van der Waals surface area contributed by atoms with Gasteiger partial charge in [0.2, 0.25) is 0 Å². The fraction of sp³-hybridized carbons (Fsp3) is 0.458. The van der Waals surface area contributed by atoms with Gasteiger partial charge in [0.25, 0.3) is 0 Å². The first-order chi connectivity index (χ1) is 15.0. The van der Waals surface area contributed by atoms with Crippen LogP contribution in [0.2, 0.25) is 5.02 Å². The lowest BCUT2D eigenvalue weighted by molar-refractivity contribution is 0.0187. The first-order valence-corrected chi connectivity index (χ1v) is 11.2. The number of H-pyrrole nitrogens is 1. The fourth-order valence-electron chi connectivity index (χ4n) is 4.49. The summed E-state index contributed by atoms with van der Waals surface area (Å²) in [6.07, 6.45) is 2.86. The number of fused-ring (bicyclic) bond motifs is 2. The summed E-state index contributed by atoms with van der Waals surface area (Å²) < 4.78 is 10.4. The van der Waals surface area contributed by atoms with Crippen molar-refractivity contribution in [2.24, 2.45) is 0 Å². The van der Waals surface area contributed by atoms with E-state index in [1.54, 1.807) is 0 Å². The molecule has 3 aliphatic rings. The number of rotatable bonds is 3. The lowest BCUT2D eigenvalue weighted by Gasteiger charge is -2.13. The van der Waals surface area contributed by atoms with Crippen molar-refractivity contribution in [1.29, 1.82) is 0 Å². The van der Waals surface area contributed by atoms with Crippen LogP contribution in [0.3, 0.4) is 0 Å². The van der Waals surface area contributed by atoms with E-state index >= 15 is 0 Å².